The van der Waals surface area contributed by atoms with Crippen LogP contribution in [0.4, 0.5) is 5.82 Å². The van der Waals surface area contributed by atoms with Crippen LogP contribution >= 0.6 is 0 Å². The molecule has 1 fully saturated rings. The summed E-state index contributed by atoms with van der Waals surface area (Å²) in [6, 6.07) is 5.84. The monoisotopic (exact) mass is 260 g/mol. The van der Waals surface area contributed by atoms with E-state index < -0.39 is 5.69 Å². The van der Waals surface area contributed by atoms with Gasteiger partial charge in [0.1, 0.15) is 18.2 Å². The molecule has 1 aliphatic heterocycles. The van der Waals surface area contributed by atoms with Crippen LogP contribution in [0, 0.1) is 0 Å². The van der Waals surface area contributed by atoms with E-state index in [9.17, 15) is 4.79 Å². The predicted molar refractivity (Wildman–Crippen MR) is 73.3 cm³/mol. The number of aromatic nitrogens is 2. The van der Waals surface area contributed by atoms with Gasteiger partial charge >= 0.3 is 5.69 Å². The van der Waals surface area contributed by atoms with Gasteiger partial charge in [0.05, 0.1) is 10.9 Å². The number of benzene rings is 1. The molecule has 4 N–H and O–H groups in total. The minimum absolute atomic E-state index is 0.203. The van der Waals surface area contributed by atoms with Crippen LogP contribution in [0.3, 0.4) is 0 Å². The van der Waals surface area contributed by atoms with Gasteiger partial charge in [0.2, 0.25) is 0 Å². The summed E-state index contributed by atoms with van der Waals surface area (Å²) in [5, 5.41) is 4.04. The van der Waals surface area contributed by atoms with Crippen LogP contribution in [0.1, 0.15) is 12.8 Å². The third-order valence-electron chi connectivity index (χ3n) is 3.35. The number of ether oxygens (including phenoxy) is 1. The highest BCUT2D eigenvalue weighted by atomic mass is 16.5. The van der Waals surface area contributed by atoms with E-state index in [2.05, 4.69) is 15.3 Å². The molecule has 0 unspecified atom stereocenters. The third kappa shape index (κ3) is 2.39. The van der Waals surface area contributed by atoms with Gasteiger partial charge in [-0.3, -0.25) is 0 Å². The number of hydrogen-bond donors (Lipinski definition) is 3. The van der Waals surface area contributed by atoms with Crippen LogP contribution < -0.4 is 21.5 Å². The fourth-order valence-electron chi connectivity index (χ4n) is 2.42. The highest BCUT2D eigenvalue weighted by molar-refractivity contribution is 5.93. The van der Waals surface area contributed by atoms with Crippen molar-refractivity contribution in [1.82, 2.24) is 15.3 Å². The first kappa shape index (κ1) is 12.0. The first-order valence-electron chi connectivity index (χ1n) is 6.39. The van der Waals surface area contributed by atoms with E-state index in [1.54, 1.807) is 6.07 Å². The van der Waals surface area contributed by atoms with Gasteiger partial charge in [-0.15, -0.1) is 0 Å². The minimum atomic E-state index is -0.445. The van der Waals surface area contributed by atoms with Crippen molar-refractivity contribution in [2.75, 3.05) is 18.9 Å². The van der Waals surface area contributed by atoms with Crippen molar-refractivity contribution >= 4 is 16.7 Å². The van der Waals surface area contributed by atoms with Gasteiger partial charge in [-0.25, -0.2) is 4.79 Å². The summed E-state index contributed by atoms with van der Waals surface area (Å²) in [5.74, 6) is 0.862. The number of nitrogens with two attached hydrogens (primary N) is 1. The number of aromatic amines is 1. The molecule has 0 amide bonds. The molecule has 19 heavy (non-hydrogen) atoms. The molecule has 1 atom stereocenters. The first-order valence-corrected chi connectivity index (χ1v) is 6.39. The average molecular weight is 260 g/mol. The molecule has 0 saturated carbocycles. The number of anilines is 1. The first-order chi connectivity index (χ1) is 9.24. The van der Waals surface area contributed by atoms with Crippen LogP contribution in [0.25, 0.3) is 10.9 Å². The molecule has 1 saturated heterocycles. The smallest absolute Gasteiger partial charge is 0.347 e. The zero-order chi connectivity index (χ0) is 13.2. The molecule has 1 aromatic carbocycles. The van der Waals surface area contributed by atoms with Gasteiger partial charge in [-0.2, -0.15) is 4.98 Å². The molecular weight excluding hydrogens is 244 g/mol. The Morgan fingerprint density at radius 1 is 1.47 bits per heavy atom. The number of fused-ring (bicyclic) bond motifs is 1. The molecule has 2 heterocycles. The molecule has 3 rings (SSSR count). The van der Waals surface area contributed by atoms with Crippen molar-refractivity contribution in [3.05, 3.63) is 28.7 Å². The van der Waals surface area contributed by atoms with Crippen molar-refractivity contribution in [1.29, 1.82) is 0 Å². The highest BCUT2D eigenvalue weighted by Gasteiger charge is 2.15. The van der Waals surface area contributed by atoms with Gasteiger partial charge in [0.25, 0.3) is 0 Å². The van der Waals surface area contributed by atoms with Crippen LogP contribution in [0.15, 0.2) is 23.0 Å². The van der Waals surface area contributed by atoms with Crippen molar-refractivity contribution in [2.45, 2.75) is 18.9 Å². The number of nitrogens with one attached hydrogen (secondary N) is 2. The summed E-state index contributed by atoms with van der Waals surface area (Å²) in [7, 11) is 0. The average Bonchev–Trinajstić information content (AvgIpc) is 2.88. The van der Waals surface area contributed by atoms with E-state index in [0.717, 1.165) is 13.0 Å². The van der Waals surface area contributed by atoms with Gasteiger partial charge < -0.3 is 20.8 Å². The van der Waals surface area contributed by atoms with Gasteiger partial charge in [-0.05, 0) is 31.5 Å². The summed E-state index contributed by atoms with van der Waals surface area (Å²) < 4.78 is 5.82. The lowest BCUT2D eigenvalue weighted by Crippen LogP contribution is -2.28. The zero-order valence-electron chi connectivity index (χ0n) is 10.5. The van der Waals surface area contributed by atoms with Crippen molar-refractivity contribution in [3.63, 3.8) is 0 Å². The van der Waals surface area contributed by atoms with E-state index in [-0.39, 0.29) is 5.82 Å². The molecule has 6 heteroatoms. The van der Waals surface area contributed by atoms with Gasteiger partial charge in [0.15, 0.2) is 0 Å². The second-order valence-corrected chi connectivity index (χ2v) is 4.71. The second-order valence-electron chi connectivity index (χ2n) is 4.71. The maximum absolute atomic E-state index is 11.3. The molecular formula is C13H16N4O2. The number of nitrogen functional groups attached to an aromatic ring is 1. The maximum atomic E-state index is 11.3. The Balaban J connectivity index is 1.92. The summed E-state index contributed by atoms with van der Waals surface area (Å²) in [5.41, 5.74) is 6.02. The summed E-state index contributed by atoms with van der Waals surface area (Å²) in [4.78, 5) is 17.7. The molecule has 0 bridgehead atoms. The van der Waals surface area contributed by atoms with Crippen molar-refractivity contribution < 1.29 is 4.74 Å². The third-order valence-corrected chi connectivity index (χ3v) is 3.35. The lowest BCUT2D eigenvalue weighted by Gasteiger charge is -2.14. The SMILES string of the molecule is Nc1nc(=O)[nH]c2cccc(OC[C@H]3CCCN3)c12. The van der Waals surface area contributed by atoms with Crippen LogP contribution in [0.5, 0.6) is 5.75 Å². The summed E-state index contributed by atoms with van der Waals surface area (Å²) in [6.07, 6.45) is 2.30. The van der Waals surface area contributed by atoms with Gasteiger partial charge in [-0.1, -0.05) is 6.07 Å². The van der Waals surface area contributed by atoms with Crippen LogP contribution in [-0.2, 0) is 0 Å². The molecule has 6 nitrogen and oxygen atoms in total. The molecule has 0 radical (unpaired) electrons. The summed E-state index contributed by atoms with van der Waals surface area (Å²) >= 11 is 0. The number of H-pyrrole nitrogens is 1. The Kier molecular flexibility index (Phi) is 3.08. The Bertz CT molecular complexity index is 647. The Hall–Kier alpha value is -2.08. The standard InChI is InChI=1S/C13H16N4O2/c14-12-11-9(16-13(18)17-12)4-1-5-10(11)19-7-8-3-2-6-15-8/h1,4-5,8,15H,2-3,6-7H2,(H3,14,16,17,18)/t8-/m1/s1. The van der Waals surface area contributed by atoms with Crippen LogP contribution in [-0.4, -0.2) is 29.2 Å². The zero-order valence-corrected chi connectivity index (χ0v) is 10.5. The maximum Gasteiger partial charge on any atom is 0.347 e. The summed E-state index contributed by atoms with van der Waals surface area (Å²) in [6.45, 7) is 1.64. The number of rotatable bonds is 3. The minimum Gasteiger partial charge on any atom is -0.491 e. The fraction of sp³-hybridized carbons (Fsp3) is 0.385. The Morgan fingerprint density at radius 3 is 3.16 bits per heavy atom. The van der Waals surface area contributed by atoms with Crippen LogP contribution in [0.2, 0.25) is 0 Å². The topological polar surface area (TPSA) is 93.0 Å². The van der Waals surface area contributed by atoms with E-state index >= 15 is 0 Å². The van der Waals surface area contributed by atoms with E-state index in [1.165, 1.54) is 6.42 Å². The molecule has 100 valence electrons. The van der Waals surface area contributed by atoms with E-state index in [0.29, 0.717) is 29.3 Å². The normalized spacial score (nSPS) is 18.8. The van der Waals surface area contributed by atoms with E-state index in [1.807, 2.05) is 12.1 Å². The molecule has 2 aromatic rings. The lowest BCUT2D eigenvalue weighted by atomic mass is 10.2. The van der Waals surface area contributed by atoms with Crippen molar-refractivity contribution in [2.24, 2.45) is 0 Å². The fourth-order valence-corrected chi connectivity index (χ4v) is 2.42. The number of nitrogens with zero attached hydrogens (tertiary/aromatic N) is 1. The van der Waals surface area contributed by atoms with Crippen molar-refractivity contribution in [3.8, 4) is 5.75 Å². The second kappa shape index (κ2) is 4.89. The number of hydrogen-bond acceptors (Lipinski definition) is 5. The lowest BCUT2D eigenvalue weighted by molar-refractivity contribution is 0.280. The molecule has 0 spiro atoms. The Morgan fingerprint density at radius 2 is 2.37 bits per heavy atom. The Labute approximate surface area is 110 Å². The molecule has 0 aliphatic carbocycles. The highest BCUT2D eigenvalue weighted by Crippen LogP contribution is 2.27. The molecule has 1 aliphatic rings. The quantitative estimate of drug-likeness (QED) is 0.753. The predicted octanol–water partition coefficient (Wildman–Crippen LogP) is 0.636. The largest absolute Gasteiger partial charge is 0.491 e. The van der Waals surface area contributed by atoms with Gasteiger partial charge in [0, 0.05) is 6.04 Å². The van der Waals surface area contributed by atoms with E-state index in [4.69, 9.17) is 10.5 Å². The molecule has 1 aromatic heterocycles.